The van der Waals surface area contributed by atoms with Crippen molar-refractivity contribution in [3.8, 4) is 0 Å². The number of hydrogen-bond acceptors (Lipinski definition) is 3. The minimum absolute atomic E-state index is 0.00185. The summed E-state index contributed by atoms with van der Waals surface area (Å²) in [4.78, 5) is 13.5. The van der Waals surface area contributed by atoms with Gasteiger partial charge >= 0.3 is 0 Å². The van der Waals surface area contributed by atoms with Crippen LogP contribution in [0.5, 0.6) is 0 Å². The van der Waals surface area contributed by atoms with Gasteiger partial charge in [-0.3, -0.25) is 4.79 Å². The Bertz CT molecular complexity index is 773. The Kier molecular flexibility index (Phi) is 2.84. The molecule has 0 spiro atoms. The smallest absolute Gasteiger partial charge is 0.196 e. The maximum Gasteiger partial charge on any atom is 0.196 e. The third-order valence-electron chi connectivity index (χ3n) is 3.27. The van der Waals surface area contributed by atoms with E-state index in [4.69, 9.17) is 5.73 Å². The molecule has 0 aliphatic rings. The second kappa shape index (κ2) is 4.52. The molecule has 0 unspecified atom stereocenters. The molecule has 0 aliphatic heterocycles. The summed E-state index contributed by atoms with van der Waals surface area (Å²) in [7, 11) is 0. The largest absolute Gasteiger partial charge is 0.398 e. The fourth-order valence-corrected chi connectivity index (χ4v) is 2.92. The molecule has 19 heavy (non-hydrogen) atoms. The Morgan fingerprint density at radius 2 is 1.74 bits per heavy atom. The molecule has 0 amide bonds. The normalized spacial score (nSPS) is 10.8. The molecule has 1 aromatic heterocycles. The first-order valence-electron chi connectivity index (χ1n) is 6.04. The molecule has 0 atom stereocenters. The van der Waals surface area contributed by atoms with Gasteiger partial charge in [-0.1, -0.05) is 24.3 Å². The number of rotatable bonds is 2. The van der Waals surface area contributed by atoms with Gasteiger partial charge in [0.15, 0.2) is 5.78 Å². The number of hydrogen-bond donors (Lipinski definition) is 1. The number of anilines is 1. The topological polar surface area (TPSA) is 43.1 Å². The maximum atomic E-state index is 12.5. The van der Waals surface area contributed by atoms with Crippen LogP contribution in [0.3, 0.4) is 0 Å². The van der Waals surface area contributed by atoms with Crippen molar-refractivity contribution < 1.29 is 4.79 Å². The highest BCUT2D eigenvalue weighted by Crippen LogP contribution is 2.26. The van der Waals surface area contributed by atoms with Crippen molar-refractivity contribution in [3.63, 3.8) is 0 Å². The van der Waals surface area contributed by atoms with Crippen LogP contribution in [-0.2, 0) is 0 Å². The predicted octanol–water partition coefficient (Wildman–Crippen LogP) is 4.02. The monoisotopic (exact) mass is 267 g/mol. The summed E-state index contributed by atoms with van der Waals surface area (Å²) in [5, 5.41) is 4.02. The third-order valence-corrected chi connectivity index (χ3v) is 4.11. The molecule has 3 heteroatoms. The van der Waals surface area contributed by atoms with Gasteiger partial charge in [0.1, 0.15) is 0 Å². The number of carbonyl (C=O) groups is 1. The van der Waals surface area contributed by atoms with Crippen molar-refractivity contribution in [1.82, 2.24) is 0 Å². The maximum absolute atomic E-state index is 12.5. The number of carbonyl (C=O) groups excluding carboxylic acids is 1. The molecule has 3 aromatic rings. The molecule has 2 nitrogen and oxygen atoms in total. The lowest BCUT2D eigenvalue weighted by atomic mass is 9.98. The van der Waals surface area contributed by atoms with E-state index in [0.29, 0.717) is 11.3 Å². The molecular weight excluding hydrogens is 254 g/mol. The summed E-state index contributed by atoms with van der Waals surface area (Å²) in [6.45, 7) is 1.95. The van der Waals surface area contributed by atoms with E-state index in [2.05, 4.69) is 0 Å². The number of ketones is 1. The Balaban J connectivity index is 2.17. The van der Waals surface area contributed by atoms with Crippen LogP contribution in [0.2, 0.25) is 0 Å². The van der Waals surface area contributed by atoms with Crippen molar-refractivity contribution in [2.24, 2.45) is 0 Å². The average Bonchev–Trinajstić information content (AvgIpc) is 2.83. The third kappa shape index (κ3) is 2.02. The molecular formula is C16H13NOS. The van der Waals surface area contributed by atoms with Gasteiger partial charge in [-0.2, -0.15) is 0 Å². The summed E-state index contributed by atoms with van der Waals surface area (Å²) in [6, 6.07) is 13.5. The van der Waals surface area contributed by atoms with Gasteiger partial charge in [0, 0.05) is 21.7 Å². The van der Waals surface area contributed by atoms with Gasteiger partial charge in [0.25, 0.3) is 0 Å². The lowest BCUT2D eigenvalue weighted by molar-refractivity contribution is 0.103. The van der Waals surface area contributed by atoms with Crippen LogP contribution in [0, 0.1) is 6.92 Å². The number of fused-ring (bicyclic) bond motifs is 1. The van der Waals surface area contributed by atoms with Crippen molar-refractivity contribution in [2.45, 2.75) is 6.92 Å². The van der Waals surface area contributed by atoms with Crippen LogP contribution in [0.4, 0.5) is 5.69 Å². The summed E-state index contributed by atoms with van der Waals surface area (Å²) < 4.78 is 0. The number of thiophene rings is 1. The molecule has 0 saturated carbocycles. The van der Waals surface area contributed by atoms with E-state index in [1.54, 1.807) is 11.3 Å². The Hall–Kier alpha value is -2.13. The molecule has 0 bridgehead atoms. The number of nitrogen functional groups attached to an aromatic ring is 1. The summed E-state index contributed by atoms with van der Waals surface area (Å²) in [6.07, 6.45) is 0. The first-order chi connectivity index (χ1) is 9.16. The summed E-state index contributed by atoms with van der Waals surface area (Å²) >= 11 is 1.58. The van der Waals surface area contributed by atoms with Gasteiger partial charge in [0.05, 0.1) is 0 Å². The van der Waals surface area contributed by atoms with E-state index in [9.17, 15) is 4.79 Å². The van der Waals surface area contributed by atoms with Crippen LogP contribution in [0.15, 0.2) is 47.8 Å². The second-order valence-electron chi connectivity index (χ2n) is 4.51. The SMILES string of the molecule is Cc1sccc1C(=O)c1cc2ccccc2cc1N. The van der Waals surface area contributed by atoms with E-state index in [1.165, 1.54) is 0 Å². The first kappa shape index (κ1) is 11.9. The zero-order valence-electron chi connectivity index (χ0n) is 10.5. The van der Waals surface area contributed by atoms with Crippen LogP contribution in [-0.4, -0.2) is 5.78 Å². The second-order valence-corrected chi connectivity index (χ2v) is 5.63. The van der Waals surface area contributed by atoms with Gasteiger partial charge in [-0.25, -0.2) is 0 Å². The highest BCUT2D eigenvalue weighted by Gasteiger charge is 2.15. The van der Waals surface area contributed by atoms with Gasteiger partial charge in [-0.15, -0.1) is 11.3 Å². The Morgan fingerprint density at radius 3 is 2.37 bits per heavy atom. The van der Waals surface area contributed by atoms with E-state index >= 15 is 0 Å². The molecule has 1 heterocycles. The average molecular weight is 267 g/mol. The number of nitrogens with two attached hydrogens (primary N) is 1. The highest BCUT2D eigenvalue weighted by atomic mass is 32.1. The molecule has 94 valence electrons. The fraction of sp³-hybridized carbons (Fsp3) is 0.0625. The minimum atomic E-state index is 0.00185. The van der Waals surface area contributed by atoms with Crippen molar-refractivity contribution >= 4 is 33.6 Å². The molecule has 2 N–H and O–H groups in total. The number of aryl methyl sites for hydroxylation is 1. The quantitative estimate of drug-likeness (QED) is 0.563. The molecule has 0 saturated heterocycles. The molecule has 3 rings (SSSR count). The van der Waals surface area contributed by atoms with Gasteiger partial charge in [-0.05, 0) is 41.3 Å². The standard InChI is InChI=1S/C16H13NOS/c1-10-13(6-7-19-10)16(18)14-8-11-4-2-3-5-12(11)9-15(14)17/h2-9H,17H2,1H3. The van der Waals surface area contributed by atoms with Crippen molar-refractivity contribution in [2.75, 3.05) is 5.73 Å². The molecule has 2 aromatic carbocycles. The van der Waals surface area contributed by atoms with Crippen LogP contribution >= 0.6 is 11.3 Å². The van der Waals surface area contributed by atoms with Crippen LogP contribution in [0.1, 0.15) is 20.8 Å². The minimum Gasteiger partial charge on any atom is -0.398 e. The van der Waals surface area contributed by atoms with Crippen molar-refractivity contribution in [3.05, 3.63) is 63.8 Å². The summed E-state index contributed by atoms with van der Waals surface area (Å²) in [5.41, 5.74) is 7.89. The molecule has 0 radical (unpaired) electrons. The summed E-state index contributed by atoms with van der Waals surface area (Å²) in [5.74, 6) is 0.00185. The zero-order chi connectivity index (χ0) is 13.4. The van der Waals surface area contributed by atoms with Gasteiger partial charge < -0.3 is 5.73 Å². The van der Waals surface area contributed by atoms with Crippen LogP contribution < -0.4 is 5.73 Å². The van der Waals surface area contributed by atoms with E-state index < -0.39 is 0 Å². The lowest BCUT2D eigenvalue weighted by Gasteiger charge is -2.07. The van der Waals surface area contributed by atoms with Crippen LogP contribution in [0.25, 0.3) is 10.8 Å². The Morgan fingerprint density at radius 1 is 1.05 bits per heavy atom. The van der Waals surface area contributed by atoms with Gasteiger partial charge in [0.2, 0.25) is 0 Å². The van der Waals surface area contributed by atoms with E-state index in [-0.39, 0.29) is 5.78 Å². The fourth-order valence-electron chi connectivity index (χ4n) is 2.22. The lowest BCUT2D eigenvalue weighted by Crippen LogP contribution is -2.05. The molecule has 0 aliphatic carbocycles. The van der Waals surface area contributed by atoms with Crippen molar-refractivity contribution in [1.29, 1.82) is 0 Å². The Labute approximate surface area is 115 Å². The number of benzene rings is 2. The first-order valence-corrected chi connectivity index (χ1v) is 6.92. The van der Waals surface area contributed by atoms with E-state index in [0.717, 1.165) is 21.2 Å². The zero-order valence-corrected chi connectivity index (χ0v) is 11.3. The highest BCUT2D eigenvalue weighted by molar-refractivity contribution is 7.10. The predicted molar refractivity (Wildman–Crippen MR) is 80.8 cm³/mol. The van der Waals surface area contributed by atoms with E-state index in [1.807, 2.05) is 54.8 Å². The molecule has 0 fully saturated rings.